The summed E-state index contributed by atoms with van der Waals surface area (Å²) in [6.45, 7) is 0. The number of hydrogen-bond acceptors (Lipinski definition) is 3. The van der Waals surface area contributed by atoms with Gasteiger partial charge in [0, 0.05) is 47.8 Å². The number of furan rings is 1. The second-order valence-electron chi connectivity index (χ2n) is 15.0. The van der Waals surface area contributed by atoms with Crippen LogP contribution in [0.15, 0.2) is 174 Å². The zero-order chi connectivity index (χ0) is 36.3. The van der Waals surface area contributed by atoms with E-state index in [1.54, 1.807) is 0 Å². The molecule has 2 heterocycles. The molecule has 8 aromatic carbocycles. The van der Waals surface area contributed by atoms with Gasteiger partial charge in [0.2, 0.25) is 0 Å². The molecule has 3 heteroatoms. The lowest BCUT2D eigenvalue weighted by molar-refractivity contribution is 0.445. The average Bonchev–Trinajstić information content (AvgIpc) is 3.83. The molecule has 0 radical (unpaired) electrons. The Labute approximate surface area is 324 Å². The van der Waals surface area contributed by atoms with E-state index in [0.29, 0.717) is 5.92 Å². The quantitative estimate of drug-likeness (QED) is 0.170. The smallest absolute Gasteiger partial charge is 0.143 e. The van der Waals surface area contributed by atoms with Gasteiger partial charge in [-0.3, -0.25) is 0 Å². The Hall–Kier alpha value is -6.16. The third-order valence-corrected chi connectivity index (χ3v) is 13.0. The van der Waals surface area contributed by atoms with Gasteiger partial charge >= 0.3 is 0 Å². The van der Waals surface area contributed by atoms with Gasteiger partial charge in [-0.1, -0.05) is 147 Å². The number of anilines is 3. The van der Waals surface area contributed by atoms with E-state index in [4.69, 9.17) is 4.42 Å². The van der Waals surface area contributed by atoms with Crippen LogP contribution in [0.4, 0.5) is 17.1 Å². The van der Waals surface area contributed by atoms with Gasteiger partial charge in [-0.05, 0) is 88.7 Å². The average molecular weight is 726 g/mol. The molecule has 1 saturated carbocycles. The minimum absolute atomic E-state index is 0.588. The van der Waals surface area contributed by atoms with Crippen LogP contribution in [-0.4, -0.2) is 0 Å². The second kappa shape index (κ2) is 13.3. The molecule has 1 aliphatic carbocycles. The van der Waals surface area contributed by atoms with E-state index < -0.39 is 0 Å². The maximum atomic E-state index is 6.57. The first kappa shape index (κ1) is 32.3. The van der Waals surface area contributed by atoms with E-state index >= 15 is 0 Å². The molecule has 0 aliphatic heterocycles. The highest BCUT2D eigenvalue weighted by Gasteiger charge is 2.25. The Morgan fingerprint density at radius 1 is 0.491 bits per heavy atom. The molecule has 2 aromatic heterocycles. The van der Waals surface area contributed by atoms with Gasteiger partial charge in [-0.15, -0.1) is 11.3 Å². The molecule has 10 aromatic rings. The first-order valence-electron chi connectivity index (χ1n) is 19.6. The second-order valence-corrected chi connectivity index (χ2v) is 16.1. The highest BCUT2D eigenvalue weighted by Crippen LogP contribution is 2.50. The number of nitrogens with zero attached hydrogens (tertiary/aromatic N) is 1. The molecule has 1 aliphatic rings. The highest BCUT2D eigenvalue weighted by atomic mass is 32.1. The summed E-state index contributed by atoms with van der Waals surface area (Å²) in [7, 11) is 0. The predicted molar refractivity (Wildman–Crippen MR) is 235 cm³/mol. The Kier molecular flexibility index (Phi) is 7.81. The summed E-state index contributed by atoms with van der Waals surface area (Å²) in [5.74, 6) is 0.588. The van der Waals surface area contributed by atoms with Crippen molar-refractivity contribution in [2.45, 2.75) is 38.0 Å². The standard InChI is InChI=1S/C52H39NOS/c1-2-15-34(16-3-1)38-24-11-17-35-18-12-26-42(50(35)38)40-21-4-7-28-45(40)53(46-29-14-32-49-51(46)44-23-6-9-31-48(44)55-49)37-20-10-19-36(33-37)39-25-13-27-43-41-22-5-8-30-47(41)54-52(39)43/h4-14,17-34H,1-3,15-16H2. The molecule has 1 fully saturated rings. The topological polar surface area (TPSA) is 16.4 Å². The fourth-order valence-electron chi connectivity index (χ4n) is 9.38. The first-order valence-corrected chi connectivity index (χ1v) is 20.4. The van der Waals surface area contributed by atoms with Crippen molar-refractivity contribution < 1.29 is 4.42 Å². The van der Waals surface area contributed by atoms with Crippen molar-refractivity contribution in [2.75, 3.05) is 4.90 Å². The SMILES string of the molecule is c1cc(-c2cccc3c2oc2ccccc23)cc(N(c2ccccc2-c2cccc3cccc(C4CCCCC4)c23)c2cccc3sc4ccccc4c23)c1. The van der Waals surface area contributed by atoms with Crippen LogP contribution in [0, 0.1) is 0 Å². The van der Waals surface area contributed by atoms with Gasteiger partial charge in [0.1, 0.15) is 11.2 Å². The fraction of sp³-hybridized carbons (Fsp3) is 0.115. The van der Waals surface area contributed by atoms with Crippen LogP contribution in [0.3, 0.4) is 0 Å². The van der Waals surface area contributed by atoms with E-state index in [1.807, 2.05) is 17.4 Å². The van der Waals surface area contributed by atoms with Crippen LogP contribution >= 0.6 is 11.3 Å². The van der Waals surface area contributed by atoms with Crippen molar-refractivity contribution in [2.24, 2.45) is 0 Å². The third kappa shape index (κ3) is 5.37. The van der Waals surface area contributed by atoms with Crippen molar-refractivity contribution in [1.29, 1.82) is 0 Å². The van der Waals surface area contributed by atoms with Crippen LogP contribution < -0.4 is 4.90 Å². The number of fused-ring (bicyclic) bond motifs is 7. The molecular weight excluding hydrogens is 687 g/mol. The van der Waals surface area contributed by atoms with Crippen LogP contribution in [0.2, 0.25) is 0 Å². The molecular formula is C52H39NOS. The van der Waals surface area contributed by atoms with E-state index in [2.05, 4.69) is 169 Å². The molecule has 0 spiro atoms. The minimum Gasteiger partial charge on any atom is -0.455 e. The van der Waals surface area contributed by atoms with E-state index in [-0.39, 0.29) is 0 Å². The summed E-state index contributed by atoms with van der Waals surface area (Å²) in [5.41, 5.74) is 11.5. The maximum absolute atomic E-state index is 6.57. The van der Waals surface area contributed by atoms with Gasteiger partial charge in [0.25, 0.3) is 0 Å². The molecule has 264 valence electrons. The molecule has 55 heavy (non-hydrogen) atoms. The highest BCUT2D eigenvalue weighted by molar-refractivity contribution is 7.26. The number of thiophene rings is 1. The Morgan fingerprint density at radius 2 is 1.16 bits per heavy atom. The summed E-state index contributed by atoms with van der Waals surface area (Å²) in [6, 6.07) is 62.5. The zero-order valence-electron chi connectivity index (χ0n) is 30.5. The summed E-state index contributed by atoms with van der Waals surface area (Å²) in [4.78, 5) is 2.52. The van der Waals surface area contributed by atoms with Gasteiger partial charge < -0.3 is 9.32 Å². The van der Waals surface area contributed by atoms with Crippen molar-refractivity contribution in [1.82, 2.24) is 0 Å². The molecule has 0 N–H and O–H groups in total. The summed E-state index contributed by atoms with van der Waals surface area (Å²) in [5, 5.41) is 7.56. The third-order valence-electron chi connectivity index (χ3n) is 11.9. The molecule has 0 atom stereocenters. The normalized spacial score (nSPS) is 13.7. The molecule has 2 nitrogen and oxygen atoms in total. The monoisotopic (exact) mass is 725 g/mol. The molecule has 0 unspecified atom stereocenters. The molecule has 0 amide bonds. The number of rotatable bonds is 6. The summed E-state index contributed by atoms with van der Waals surface area (Å²) < 4.78 is 9.16. The number of para-hydroxylation sites is 3. The lowest BCUT2D eigenvalue weighted by Gasteiger charge is -2.30. The Morgan fingerprint density at radius 3 is 2.09 bits per heavy atom. The molecule has 0 bridgehead atoms. The first-order chi connectivity index (χ1) is 27.3. The lowest BCUT2D eigenvalue weighted by atomic mass is 9.80. The lowest BCUT2D eigenvalue weighted by Crippen LogP contribution is -2.12. The Bertz CT molecular complexity index is 3050. The number of hydrogen-bond donors (Lipinski definition) is 0. The van der Waals surface area contributed by atoms with E-state index in [9.17, 15) is 0 Å². The van der Waals surface area contributed by atoms with Crippen LogP contribution in [0.25, 0.3) is 75.1 Å². The van der Waals surface area contributed by atoms with Gasteiger partial charge in [-0.25, -0.2) is 0 Å². The van der Waals surface area contributed by atoms with Crippen LogP contribution in [0.5, 0.6) is 0 Å². The van der Waals surface area contributed by atoms with Crippen molar-refractivity contribution in [3.05, 3.63) is 175 Å². The molecule has 0 saturated heterocycles. The summed E-state index contributed by atoms with van der Waals surface area (Å²) >= 11 is 1.87. The van der Waals surface area contributed by atoms with Crippen LogP contribution in [0.1, 0.15) is 43.6 Å². The number of benzene rings is 8. The van der Waals surface area contributed by atoms with E-state index in [0.717, 1.165) is 44.4 Å². The van der Waals surface area contributed by atoms with Gasteiger partial charge in [0.15, 0.2) is 0 Å². The van der Waals surface area contributed by atoms with E-state index in [1.165, 1.54) is 85.4 Å². The van der Waals surface area contributed by atoms with Crippen molar-refractivity contribution in [3.8, 4) is 22.3 Å². The van der Waals surface area contributed by atoms with Crippen molar-refractivity contribution in [3.63, 3.8) is 0 Å². The maximum Gasteiger partial charge on any atom is 0.143 e. The zero-order valence-corrected chi connectivity index (χ0v) is 31.4. The van der Waals surface area contributed by atoms with Gasteiger partial charge in [-0.2, -0.15) is 0 Å². The summed E-state index contributed by atoms with van der Waals surface area (Å²) in [6.07, 6.45) is 6.49. The van der Waals surface area contributed by atoms with Crippen LogP contribution in [-0.2, 0) is 0 Å². The Balaban J connectivity index is 1.18. The molecule has 11 rings (SSSR count). The predicted octanol–water partition coefficient (Wildman–Crippen LogP) is 16.0. The van der Waals surface area contributed by atoms with Gasteiger partial charge in [0.05, 0.1) is 11.4 Å². The van der Waals surface area contributed by atoms with Crippen molar-refractivity contribution >= 4 is 81.3 Å². The fourth-order valence-corrected chi connectivity index (χ4v) is 10.5. The minimum atomic E-state index is 0.588. The largest absolute Gasteiger partial charge is 0.455 e.